The van der Waals surface area contributed by atoms with Crippen LogP contribution in [-0.4, -0.2) is 26.5 Å². The molecule has 0 unspecified atom stereocenters. The summed E-state index contributed by atoms with van der Waals surface area (Å²) in [5.74, 6) is 0.217. The molecule has 3 aromatic rings. The van der Waals surface area contributed by atoms with Gasteiger partial charge in [0.15, 0.2) is 11.5 Å². The number of rotatable bonds is 2. The van der Waals surface area contributed by atoms with E-state index < -0.39 is 11.2 Å². The summed E-state index contributed by atoms with van der Waals surface area (Å²) in [6, 6.07) is 4.55. The molecule has 0 aliphatic carbocycles. The predicted octanol–water partition coefficient (Wildman–Crippen LogP) is 0.606. The van der Waals surface area contributed by atoms with Crippen LogP contribution >= 0.6 is 0 Å². The number of fused-ring (bicyclic) bond motifs is 1. The first-order valence-electron chi connectivity index (χ1n) is 6.38. The minimum atomic E-state index is -0.499. The van der Waals surface area contributed by atoms with E-state index in [1.165, 1.54) is 37.9 Å². The van der Waals surface area contributed by atoms with Crippen molar-refractivity contribution in [3.8, 4) is 22.8 Å². The second kappa shape index (κ2) is 4.76. The number of methoxy groups -OCH3 is 1. The average molecular weight is 303 g/mol. The van der Waals surface area contributed by atoms with Crippen LogP contribution in [0.3, 0.4) is 0 Å². The molecular weight excluding hydrogens is 290 g/mol. The lowest BCUT2D eigenvalue weighted by Gasteiger charge is -2.05. The molecule has 8 heteroatoms. The van der Waals surface area contributed by atoms with Crippen molar-refractivity contribution in [2.45, 2.75) is 0 Å². The highest BCUT2D eigenvalue weighted by Crippen LogP contribution is 2.32. The van der Waals surface area contributed by atoms with Gasteiger partial charge in [-0.3, -0.25) is 13.9 Å². The zero-order chi connectivity index (χ0) is 16.0. The number of ether oxygens (including phenoxy) is 1. The van der Waals surface area contributed by atoms with Crippen LogP contribution in [0, 0.1) is 0 Å². The Kier molecular flexibility index (Phi) is 3.01. The summed E-state index contributed by atoms with van der Waals surface area (Å²) in [4.78, 5) is 24.2. The fourth-order valence-electron chi connectivity index (χ4n) is 2.29. The molecule has 22 heavy (non-hydrogen) atoms. The smallest absolute Gasteiger partial charge is 0.333 e. The van der Waals surface area contributed by atoms with Gasteiger partial charge in [0.25, 0.3) is 5.56 Å². The van der Waals surface area contributed by atoms with Gasteiger partial charge in [-0.25, -0.2) is 4.79 Å². The quantitative estimate of drug-likeness (QED) is 0.744. The third-order valence-corrected chi connectivity index (χ3v) is 3.52. The maximum atomic E-state index is 12.3. The predicted molar refractivity (Wildman–Crippen MR) is 78.1 cm³/mol. The van der Waals surface area contributed by atoms with E-state index in [-0.39, 0.29) is 28.3 Å². The maximum Gasteiger partial charge on any atom is 0.333 e. The Labute approximate surface area is 123 Å². The molecule has 0 radical (unpaired) electrons. The number of benzene rings is 1. The number of aryl methyl sites for hydroxylation is 1. The first-order valence-corrected chi connectivity index (χ1v) is 6.38. The van der Waals surface area contributed by atoms with Gasteiger partial charge in [0.05, 0.1) is 7.11 Å². The third-order valence-electron chi connectivity index (χ3n) is 3.52. The summed E-state index contributed by atoms with van der Waals surface area (Å²) in [5.41, 5.74) is -0.0892. The van der Waals surface area contributed by atoms with Gasteiger partial charge in [-0.05, 0) is 18.2 Å². The summed E-state index contributed by atoms with van der Waals surface area (Å²) in [6.07, 6.45) is 0. The second-order valence-corrected chi connectivity index (χ2v) is 4.80. The standard InChI is InChI=1S/C14H13N3O5/c1-16-12(19)10-11(15-22-13(10)17(2)14(16)20)7-4-5-8(18)9(6-7)21-3/h4-6,18H,1-3H3. The van der Waals surface area contributed by atoms with Crippen LogP contribution in [0.15, 0.2) is 32.3 Å². The van der Waals surface area contributed by atoms with Gasteiger partial charge in [-0.1, -0.05) is 5.16 Å². The van der Waals surface area contributed by atoms with Gasteiger partial charge in [0.2, 0.25) is 5.71 Å². The highest BCUT2D eigenvalue weighted by Gasteiger charge is 2.20. The molecule has 1 N–H and O–H groups in total. The lowest BCUT2D eigenvalue weighted by molar-refractivity contribution is 0.373. The SMILES string of the molecule is COc1cc(-c2noc3c2c(=O)n(C)c(=O)n3C)ccc1O. The van der Waals surface area contributed by atoms with Crippen LogP contribution in [0.25, 0.3) is 22.4 Å². The topological polar surface area (TPSA) is 99.5 Å². The Bertz CT molecular complexity index is 996. The number of hydrogen-bond acceptors (Lipinski definition) is 6. The van der Waals surface area contributed by atoms with E-state index in [9.17, 15) is 14.7 Å². The number of aromatic nitrogens is 3. The molecule has 0 spiro atoms. The molecule has 3 rings (SSSR count). The molecule has 8 nitrogen and oxygen atoms in total. The number of phenols is 1. The molecule has 2 heterocycles. The fraction of sp³-hybridized carbons (Fsp3) is 0.214. The Morgan fingerprint density at radius 3 is 2.64 bits per heavy atom. The van der Waals surface area contributed by atoms with E-state index in [2.05, 4.69) is 5.16 Å². The minimum Gasteiger partial charge on any atom is -0.504 e. The van der Waals surface area contributed by atoms with Gasteiger partial charge >= 0.3 is 5.69 Å². The van der Waals surface area contributed by atoms with E-state index >= 15 is 0 Å². The molecule has 2 aromatic heterocycles. The number of nitrogens with zero attached hydrogens (tertiary/aromatic N) is 3. The first kappa shape index (κ1) is 13.9. The van der Waals surface area contributed by atoms with Crippen LogP contribution in [0.2, 0.25) is 0 Å². The molecule has 0 saturated heterocycles. The number of phenolic OH excluding ortho intramolecular Hbond substituents is 1. The van der Waals surface area contributed by atoms with Crippen LogP contribution in [-0.2, 0) is 14.1 Å². The van der Waals surface area contributed by atoms with E-state index in [0.717, 1.165) is 4.57 Å². The van der Waals surface area contributed by atoms with Crippen LogP contribution in [0.1, 0.15) is 0 Å². The third kappa shape index (κ3) is 1.80. The van der Waals surface area contributed by atoms with Crippen molar-refractivity contribution in [1.29, 1.82) is 0 Å². The molecule has 114 valence electrons. The zero-order valence-electron chi connectivity index (χ0n) is 12.2. The fourth-order valence-corrected chi connectivity index (χ4v) is 2.29. The Morgan fingerprint density at radius 2 is 1.95 bits per heavy atom. The Morgan fingerprint density at radius 1 is 1.23 bits per heavy atom. The molecule has 0 fully saturated rings. The van der Waals surface area contributed by atoms with Crippen LogP contribution in [0.4, 0.5) is 0 Å². The van der Waals surface area contributed by atoms with Crippen molar-refractivity contribution in [1.82, 2.24) is 14.3 Å². The molecule has 0 saturated carbocycles. The van der Waals surface area contributed by atoms with Crippen molar-refractivity contribution in [3.05, 3.63) is 39.0 Å². The summed E-state index contributed by atoms with van der Waals surface area (Å²) >= 11 is 0. The molecule has 1 aromatic carbocycles. The summed E-state index contributed by atoms with van der Waals surface area (Å²) in [7, 11) is 4.30. The van der Waals surface area contributed by atoms with Crippen molar-refractivity contribution in [2.75, 3.05) is 7.11 Å². The van der Waals surface area contributed by atoms with Crippen molar-refractivity contribution < 1.29 is 14.4 Å². The monoisotopic (exact) mass is 303 g/mol. The van der Waals surface area contributed by atoms with E-state index in [1.807, 2.05) is 0 Å². The molecule has 0 aliphatic rings. The van der Waals surface area contributed by atoms with Gasteiger partial charge in [0.1, 0.15) is 11.1 Å². The van der Waals surface area contributed by atoms with E-state index in [0.29, 0.717) is 5.56 Å². The Balaban J connectivity index is 2.39. The molecule has 0 atom stereocenters. The summed E-state index contributed by atoms with van der Waals surface area (Å²) in [5, 5.41) is 13.7. The Hall–Kier alpha value is -3.03. The van der Waals surface area contributed by atoms with Crippen molar-refractivity contribution in [2.24, 2.45) is 14.1 Å². The van der Waals surface area contributed by atoms with Gasteiger partial charge in [-0.2, -0.15) is 0 Å². The highest BCUT2D eigenvalue weighted by molar-refractivity contribution is 5.89. The normalized spacial score (nSPS) is 11.0. The second-order valence-electron chi connectivity index (χ2n) is 4.80. The number of aromatic hydroxyl groups is 1. The van der Waals surface area contributed by atoms with E-state index in [4.69, 9.17) is 9.26 Å². The van der Waals surface area contributed by atoms with Crippen molar-refractivity contribution >= 4 is 11.1 Å². The molecule has 0 amide bonds. The van der Waals surface area contributed by atoms with Gasteiger partial charge in [0, 0.05) is 19.7 Å². The average Bonchev–Trinajstić information content (AvgIpc) is 2.96. The molecule has 0 aliphatic heterocycles. The minimum absolute atomic E-state index is 0.0284. The van der Waals surface area contributed by atoms with Crippen molar-refractivity contribution in [3.63, 3.8) is 0 Å². The summed E-state index contributed by atoms with van der Waals surface area (Å²) in [6.45, 7) is 0. The van der Waals surface area contributed by atoms with Gasteiger partial charge in [-0.15, -0.1) is 0 Å². The lowest BCUT2D eigenvalue weighted by Crippen LogP contribution is -2.36. The largest absolute Gasteiger partial charge is 0.504 e. The number of hydrogen-bond donors (Lipinski definition) is 1. The van der Waals surface area contributed by atoms with E-state index in [1.54, 1.807) is 6.07 Å². The van der Waals surface area contributed by atoms with Gasteiger partial charge < -0.3 is 14.4 Å². The lowest BCUT2D eigenvalue weighted by atomic mass is 10.1. The molecule has 0 bridgehead atoms. The van der Waals surface area contributed by atoms with Crippen LogP contribution < -0.4 is 16.0 Å². The zero-order valence-corrected chi connectivity index (χ0v) is 12.2. The first-order chi connectivity index (χ1) is 10.5. The van der Waals surface area contributed by atoms with Crippen LogP contribution in [0.5, 0.6) is 11.5 Å². The maximum absolute atomic E-state index is 12.3. The molecular formula is C14H13N3O5. The highest BCUT2D eigenvalue weighted by atomic mass is 16.5. The summed E-state index contributed by atoms with van der Waals surface area (Å²) < 4.78 is 12.4.